The fraction of sp³-hybridized carbons (Fsp3) is 0.548. The molecule has 2 saturated heterocycles. The molecule has 2 unspecified atom stereocenters. The predicted molar refractivity (Wildman–Crippen MR) is 160 cm³/mol. The Kier molecular flexibility index (Phi) is 10.5. The van der Waals surface area contributed by atoms with Gasteiger partial charge in [-0.1, -0.05) is 47.8 Å². The highest BCUT2D eigenvalue weighted by atomic mass is 35.5. The monoisotopic (exact) mass is 590 g/mol. The molecule has 0 spiro atoms. The summed E-state index contributed by atoms with van der Waals surface area (Å²) in [5.74, 6) is -0.723. The molecule has 2 aromatic carbocycles. The van der Waals surface area contributed by atoms with Crippen LogP contribution in [-0.2, 0) is 4.79 Å². The van der Waals surface area contributed by atoms with Gasteiger partial charge in [0, 0.05) is 39.6 Å². The summed E-state index contributed by atoms with van der Waals surface area (Å²) in [7, 11) is 5.42. The second-order valence-electron chi connectivity index (χ2n) is 11.4. The van der Waals surface area contributed by atoms with Crippen LogP contribution in [0.1, 0.15) is 66.8 Å². The smallest absolute Gasteiger partial charge is 0.256 e. The van der Waals surface area contributed by atoms with Crippen LogP contribution >= 0.6 is 23.2 Å². The van der Waals surface area contributed by atoms with Crippen LogP contribution in [-0.4, -0.2) is 85.4 Å². The number of carbonyl (C=O) groups excluding carboxylic acids is 2. The highest BCUT2D eigenvalue weighted by molar-refractivity contribution is 6.42. The van der Waals surface area contributed by atoms with Crippen molar-refractivity contribution in [3.05, 3.63) is 69.5 Å². The molecule has 1 N–H and O–H groups in total. The van der Waals surface area contributed by atoms with Crippen LogP contribution in [0.4, 0.5) is 4.39 Å². The molecule has 2 amide bonds. The van der Waals surface area contributed by atoms with Crippen molar-refractivity contribution >= 4 is 35.0 Å². The van der Waals surface area contributed by atoms with Crippen LogP contribution in [0.25, 0.3) is 0 Å². The molecule has 218 valence electrons. The number of likely N-dealkylation sites (N-methyl/N-ethyl adjacent to an activating group) is 2. The van der Waals surface area contributed by atoms with Crippen LogP contribution in [0.2, 0.25) is 10.0 Å². The van der Waals surface area contributed by atoms with Crippen molar-refractivity contribution in [2.75, 3.05) is 47.3 Å². The molecule has 0 aliphatic carbocycles. The molecule has 2 atom stereocenters. The number of nitrogens with one attached hydrogen (secondary N) is 1. The predicted octanol–water partition coefficient (Wildman–Crippen LogP) is 5.83. The summed E-state index contributed by atoms with van der Waals surface area (Å²) >= 11 is 12.6. The van der Waals surface area contributed by atoms with Crippen LogP contribution in [0.3, 0.4) is 0 Å². The number of piperidine rings is 2. The summed E-state index contributed by atoms with van der Waals surface area (Å²) in [6, 6.07) is 12.0. The summed E-state index contributed by atoms with van der Waals surface area (Å²) in [5.41, 5.74) is 0.563. The van der Waals surface area contributed by atoms with Crippen molar-refractivity contribution in [1.29, 1.82) is 0 Å². The van der Waals surface area contributed by atoms with E-state index in [9.17, 15) is 14.0 Å². The molecule has 2 fully saturated rings. The highest BCUT2D eigenvalue weighted by Gasteiger charge is 2.48. The van der Waals surface area contributed by atoms with Crippen molar-refractivity contribution < 1.29 is 14.0 Å². The lowest BCUT2D eigenvalue weighted by molar-refractivity contribution is -0.148. The summed E-state index contributed by atoms with van der Waals surface area (Å²) in [6.45, 7) is 2.98. The molecule has 9 heteroatoms. The van der Waals surface area contributed by atoms with Crippen molar-refractivity contribution in [2.24, 2.45) is 0 Å². The van der Waals surface area contributed by atoms with Crippen molar-refractivity contribution in [1.82, 2.24) is 20.0 Å². The van der Waals surface area contributed by atoms with Crippen molar-refractivity contribution in [3.8, 4) is 0 Å². The van der Waals surface area contributed by atoms with Gasteiger partial charge in [0.05, 0.1) is 15.6 Å². The Balaban J connectivity index is 1.57. The Morgan fingerprint density at radius 2 is 1.80 bits per heavy atom. The summed E-state index contributed by atoms with van der Waals surface area (Å²) in [4.78, 5) is 32.7. The van der Waals surface area contributed by atoms with E-state index >= 15 is 0 Å². The number of rotatable bonds is 9. The fourth-order valence-corrected chi connectivity index (χ4v) is 6.83. The normalized spacial score (nSPS) is 20.1. The average Bonchev–Trinajstić information content (AvgIpc) is 2.96. The van der Waals surface area contributed by atoms with Gasteiger partial charge in [-0.15, -0.1) is 0 Å². The lowest BCUT2D eigenvalue weighted by Crippen LogP contribution is -2.66. The van der Waals surface area contributed by atoms with Crippen molar-refractivity contribution in [2.45, 2.75) is 62.4 Å². The summed E-state index contributed by atoms with van der Waals surface area (Å²) in [5, 5.41) is 4.38. The second-order valence-corrected chi connectivity index (χ2v) is 12.3. The highest BCUT2D eigenvalue weighted by Crippen LogP contribution is 2.38. The van der Waals surface area contributed by atoms with Gasteiger partial charge >= 0.3 is 0 Å². The molecule has 0 aromatic heterocycles. The Bertz CT molecular complexity index is 1190. The molecule has 2 aliphatic heterocycles. The van der Waals surface area contributed by atoms with Gasteiger partial charge in [0.1, 0.15) is 11.4 Å². The summed E-state index contributed by atoms with van der Waals surface area (Å²) in [6.07, 6.45) is 6.53. The zero-order valence-electron chi connectivity index (χ0n) is 23.8. The first-order valence-corrected chi connectivity index (χ1v) is 15.0. The lowest BCUT2D eigenvalue weighted by Gasteiger charge is -2.51. The molecule has 0 radical (unpaired) electrons. The quantitative estimate of drug-likeness (QED) is 0.399. The lowest BCUT2D eigenvalue weighted by atomic mass is 9.80. The van der Waals surface area contributed by atoms with E-state index in [1.165, 1.54) is 12.1 Å². The molecule has 2 heterocycles. The molecule has 40 heavy (non-hydrogen) atoms. The van der Waals surface area contributed by atoms with E-state index in [2.05, 4.69) is 10.2 Å². The molecule has 0 saturated carbocycles. The fourth-order valence-electron chi connectivity index (χ4n) is 6.52. The number of nitrogens with zero attached hydrogens (tertiary/aromatic N) is 3. The first-order valence-electron chi connectivity index (χ1n) is 14.3. The van der Waals surface area contributed by atoms with E-state index < -0.39 is 11.4 Å². The molecule has 2 aliphatic rings. The number of halogens is 3. The molecular formula is C31H41Cl2FN4O2. The topological polar surface area (TPSA) is 55.9 Å². The average molecular weight is 592 g/mol. The van der Waals surface area contributed by atoms with Crippen LogP contribution in [0.5, 0.6) is 0 Å². The second kappa shape index (κ2) is 13.6. The van der Waals surface area contributed by atoms with Crippen LogP contribution in [0.15, 0.2) is 42.5 Å². The zero-order valence-corrected chi connectivity index (χ0v) is 25.3. The largest absolute Gasteiger partial charge is 0.347 e. The molecular weight excluding hydrogens is 550 g/mol. The molecule has 4 rings (SSSR count). The molecule has 2 aromatic rings. The minimum Gasteiger partial charge on any atom is -0.347 e. The Labute approximate surface area is 247 Å². The number of benzene rings is 2. The van der Waals surface area contributed by atoms with E-state index in [0.29, 0.717) is 16.6 Å². The van der Waals surface area contributed by atoms with E-state index in [-0.39, 0.29) is 29.3 Å². The van der Waals surface area contributed by atoms with Gasteiger partial charge in [-0.3, -0.25) is 14.5 Å². The minimum atomic E-state index is -0.527. The number of hydrogen-bond acceptors (Lipinski definition) is 4. The Morgan fingerprint density at radius 1 is 1.07 bits per heavy atom. The van der Waals surface area contributed by atoms with E-state index in [0.717, 1.165) is 70.1 Å². The Hall–Kier alpha value is -2.19. The maximum absolute atomic E-state index is 14.4. The Morgan fingerprint density at radius 3 is 2.48 bits per heavy atom. The van der Waals surface area contributed by atoms with Gasteiger partial charge in [-0.2, -0.15) is 0 Å². The van der Waals surface area contributed by atoms with Crippen molar-refractivity contribution in [3.63, 3.8) is 0 Å². The number of carbonyl (C=O) groups is 2. The van der Waals surface area contributed by atoms with E-state index in [1.807, 2.05) is 26.2 Å². The number of amides is 2. The SMILES string of the molecule is CN(C)C(=O)C1(N2CCCCC2CCC(CN(C)C(=O)c2ccccc2F)c2ccc(Cl)c(Cl)c2)CCNCC1. The minimum absolute atomic E-state index is 0.0345. The maximum Gasteiger partial charge on any atom is 0.256 e. The van der Waals surface area contributed by atoms with Gasteiger partial charge < -0.3 is 15.1 Å². The van der Waals surface area contributed by atoms with Crippen LogP contribution < -0.4 is 5.32 Å². The third kappa shape index (κ3) is 6.81. The maximum atomic E-state index is 14.4. The van der Waals surface area contributed by atoms with Crippen LogP contribution in [0, 0.1) is 5.82 Å². The van der Waals surface area contributed by atoms with Gasteiger partial charge in [0.25, 0.3) is 5.91 Å². The standard InChI is InChI=1S/C31H41Cl2FN4O2/c1-36(2)30(40)31(15-17-35-18-16-31)38-19-7-6-8-24(38)13-11-23(22-12-14-26(32)27(33)20-22)21-37(3)29(39)25-9-4-5-10-28(25)34/h4-5,9-10,12,14,20,23-24,35H,6-8,11,13,15-19,21H2,1-3H3. The third-order valence-electron chi connectivity index (χ3n) is 8.62. The molecule has 0 bridgehead atoms. The molecule has 6 nitrogen and oxygen atoms in total. The third-order valence-corrected chi connectivity index (χ3v) is 9.36. The van der Waals surface area contributed by atoms with Gasteiger partial charge in [0.2, 0.25) is 5.91 Å². The number of hydrogen-bond donors (Lipinski definition) is 1. The first-order chi connectivity index (χ1) is 19.1. The summed E-state index contributed by atoms with van der Waals surface area (Å²) < 4.78 is 14.4. The zero-order chi connectivity index (χ0) is 28.9. The first kappa shape index (κ1) is 30.8. The van der Waals surface area contributed by atoms with Gasteiger partial charge in [-0.05, 0) is 88.0 Å². The van der Waals surface area contributed by atoms with Gasteiger partial charge in [-0.25, -0.2) is 4.39 Å². The van der Waals surface area contributed by atoms with Gasteiger partial charge in [0.15, 0.2) is 0 Å². The number of likely N-dealkylation sites (tertiary alicyclic amines) is 1. The van der Waals surface area contributed by atoms with E-state index in [1.54, 1.807) is 35.0 Å². The van der Waals surface area contributed by atoms with E-state index in [4.69, 9.17) is 23.2 Å².